The molecule has 1 rings (SSSR count). The number of rotatable bonds is 34. The van der Waals surface area contributed by atoms with Crippen LogP contribution in [0, 0.1) is 11.8 Å². The fourth-order valence-corrected chi connectivity index (χ4v) is 7.48. The molecule has 77 heavy (non-hydrogen) atoms. The van der Waals surface area contributed by atoms with E-state index >= 15 is 0 Å². The van der Waals surface area contributed by atoms with E-state index < -0.39 is 157 Å². The minimum absolute atomic E-state index is 0.0288. The molecule has 0 saturated carbocycles. The van der Waals surface area contributed by atoms with E-state index in [0.717, 1.165) is 13.8 Å². The molecule has 0 unspecified atom stereocenters. The number of carboxylic acids is 2. The Balaban J connectivity index is 3.13. The number of hydrogen-bond acceptors (Lipinski definition) is 17. The number of aliphatic hydroxyl groups is 3. The van der Waals surface area contributed by atoms with Crippen LogP contribution in [-0.2, 0) is 52.7 Å². The summed E-state index contributed by atoms with van der Waals surface area (Å²) < 4.78 is 0. The summed E-state index contributed by atoms with van der Waals surface area (Å²) in [5.41, 5.74) is 27.4. The molecular formula is C45H80N16O16. The van der Waals surface area contributed by atoms with Gasteiger partial charge in [0.25, 0.3) is 0 Å². The van der Waals surface area contributed by atoms with Crippen LogP contribution in [0.5, 0.6) is 0 Å². The minimum Gasteiger partial charge on any atom is -0.481 e. The zero-order valence-electron chi connectivity index (χ0n) is 44.2. The molecule has 32 nitrogen and oxygen atoms in total. The van der Waals surface area contributed by atoms with Crippen molar-refractivity contribution < 1.29 is 78.3 Å². The number of carboxylic acid groups (broad SMARTS) is 2. The second-order valence-corrected chi connectivity index (χ2v) is 18.8. The van der Waals surface area contributed by atoms with Crippen LogP contribution in [0.2, 0.25) is 0 Å². The molecule has 1 heterocycles. The molecule has 436 valence electrons. The van der Waals surface area contributed by atoms with Crippen LogP contribution in [0.4, 0.5) is 0 Å². The standard InChI is InChI=1S/C45H80N16O16/c1-7-21(4)31(46)42(75)61-16-10-13-29(61)39(72)59-32(20(2)3)40(73)56-26(17-30(65)66)36(69)53-22(5)34(67)57-28(19-63)38(71)60-33(23(6)64)41(74)58-27(18-62)37(70)54-24(11-8-14-51-44(47)48)35(68)55-25(43(76)77)12-9-15-52-45(49)50/h20-29,31-33,62-64H,7-19,46H2,1-6H3,(H,53,69)(H,54,70)(H,55,68)(H,56,73)(H,57,67)(H,58,74)(H,59,72)(H,60,71)(H,65,66)(H,76,77)(H4,47,48,51)(H4,49,50,52)/t21-,22-,23+,24-,25-,26-,27-,28-,29-,31-,32-,33-/m0/s1. The molecule has 23 N–H and O–H groups in total. The number of aliphatic imine (C=N–C) groups is 2. The van der Waals surface area contributed by atoms with E-state index in [1.807, 2.05) is 6.92 Å². The van der Waals surface area contributed by atoms with Crippen molar-refractivity contribution in [2.24, 2.45) is 50.5 Å². The Kier molecular flexibility index (Phi) is 29.4. The number of carbonyl (C=O) groups excluding carboxylic acids is 9. The quantitative estimate of drug-likeness (QED) is 0.0162. The van der Waals surface area contributed by atoms with Crippen molar-refractivity contribution in [1.82, 2.24) is 47.4 Å². The summed E-state index contributed by atoms with van der Waals surface area (Å²) in [4.78, 5) is 153. The van der Waals surface area contributed by atoms with E-state index in [9.17, 15) is 78.3 Å². The smallest absolute Gasteiger partial charge is 0.326 e. The summed E-state index contributed by atoms with van der Waals surface area (Å²) in [6.45, 7) is 6.96. The van der Waals surface area contributed by atoms with Crippen molar-refractivity contribution >= 4 is 77.0 Å². The first kappa shape index (κ1) is 67.6. The van der Waals surface area contributed by atoms with Gasteiger partial charge in [-0.2, -0.15) is 0 Å². The molecule has 0 radical (unpaired) electrons. The third kappa shape index (κ3) is 23.1. The van der Waals surface area contributed by atoms with E-state index in [1.165, 1.54) is 4.90 Å². The van der Waals surface area contributed by atoms with Gasteiger partial charge in [-0.25, -0.2) is 4.79 Å². The number of nitrogens with two attached hydrogens (primary N) is 5. The lowest BCUT2D eigenvalue weighted by Crippen LogP contribution is -2.62. The molecule has 0 aromatic rings. The summed E-state index contributed by atoms with van der Waals surface area (Å²) in [6.07, 6.45) is -1.50. The number of nitrogens with zero attached hydrogens (tertiary/aromatic N) is 3. The van der Waals surface area contributed by atoms with Gasteiger partial charge >= 0.3 is 11.9 Å². The molecule has 0 aliphatic carbocycles. The van der Waals surface area contributed by atoms with Crippen molar-refractivity contribution in [1.29, 1.82) is 0 Å². The first-order valence-electron chi connectivity index (χ1n) is 25.0. The molecule has 0 spiro atoms. The van der Waals surface area contributed by atoms with Crippen LogP contribution in [0.3, 0.4) is 0 Å². The van der Waals surface area contributed by atoms with Gasteiger partial charge in [-0.1, -0.05) is 34.1 Å². The molecule has 1 fully saturated rings. The Bertz CT molecular complexity index is 2120. The SMILES string of the molecule is CC[C@H](C)[C@H](N)C(=O)N1CCC[C@H]1C(=O)N[C@H](C(=O)N[C@@H](CC(=O)O)C(=O)N[C@@H](C)C(=O)N[C@@H](CO)C(=O)N[C@H](C(=O)N[C@@H](CO)C(=O)N[C@@H](CCCN=C(N)N)C(=O)N[C@@H](CCCN=C(N)N)C(=O)O)[C@@H](C)O)C(C)C. The lowest BCUT2D eigenvalue weighted by Gasteiger charge is -2.31. The Morgan fingerprint density at radius 1 is 0.597 bits per heavy atom. The van der Waals surface area contributed by atoms with Crippen LogP contribution >= 0.6 is 0 Å². The van der Waals surface area contributed by atoms with Crippen molar-refractivity contribution in [3.8, 4) is 0 Å². The van der Waals surface area contributed by atoms with Crippen molar-refractivity contribution in [2.75, 3.05) is 32.8 Å². The number of carbonyl (C=O) groups is 11. The van der Waals surface area contributed by atoms with Gasteiger partial charge in [0.1, 0.15) is 54.4 Å². The molecule has 9 amide bonds. The average Bonchev–Trinajstić information content (AvgIpc) is 3.86. The van der Waals surface area contributed by atoms with Crippen LogP contribution in [-0.4, -0.2) is 207 Å². The van der Waals surface area contributed by atoms with E-state index in [4.69, 9.17) is 28.7 Å². The molecule has 0 bridgehead atoms. The number of hydrogen-bond donors (Lipinski definition) is 18. The van der Waals surface area contributed by atoms with Gasteiger partial charge < -0.3 is 102 Å². The third-order valence-corrected chi connectivity index (χ3v) is 12.2. The predicted octanol–water partition coefficient (Wildman–Crippen LogP) is -8.06. The number of guanidine groups is 2. The largest absolute Gasteiger partial charge is 0.481 e. The number of aliphatic hydroxyl groups excluding tert-OH is 3. The molecular weight excluding hydrogens is 1020 g/mol. The maximum absolute atomic E-state index is 13.6. The predicted molar refractivity (Wildman–Crippen MR) is 274 cm³/mol. The molecule has 1 aliphatic heterocycles. The van der Waals surface area contributed by atoms with Gasteiger partial charge in [-0.15, -0.1) is 0 Å². The summed E-state index contributed by atoms with van der Waals surface area (Å²) in [5.74, 6) is -13.5. The molecule has 0 aromatic heterocycles. The van der Waals surface area contributed by atoms with Crippen molar-refractivity contribution in [3.63, 3.8) is 0 Å². The maximum atomic E-state index is 13.6. The van der Waals surface area contributed by atoms with E-state index in [2.05, 4.69) is 52.5 Å². The van der Waals surface area contributed by atoms with Gasteiger partial charge in [0.15, 0.2) is 11.9 Å². The first-order valence-corrected chi connectivity index (χ1v) is 25.0. The van der Waals surface area contributed by atoms with Crippen LogP contribution in [0.1, 0.15) is 92.9 Å². The van der Waals surface area contributed by atoms with E-state index in [1.54, 1.807) is 20.8 Å². The molecule has 0 aromatic carbocycles. The first-order chi connectivity index (χ1) is 36.0. The molecule has 1 saturated heterocycles. The summed E-state index contributed by atoms with van der Waals surface area (Å²) in [6, 6.07) is -15.3. The van der Waals surface area contributed by atoms with Crippen LogP contribution in [0.25, 0.3) is 0 Å². The monoisotopic (exact) mass is 1100 g/mol. The van der Waals surface area contributed by atoms with Gasteiger partial charge in [-0.05, 0) is 64.2 Å². The Hall–Kier alpha value is -7.45. The van der Waals surface area contributed by atoms with Gasteiger partial charge in [-0.3, -0.25) is 57.9 Å². The average molecular weight is 1100 g/mol. The highest BCUT2D eigenvalue weighted by Gasteiger charge is 2.40. The minimum atomic E-state index is -1.95. The summed E-state index contributed by atoms with van der Waals surface area (Å²) >= 11 is 0. The van der Waals surface area contributed by atoms with E-state index in [-0.39, 0.29) is 69.6 Å². The number of nitrogens with one attached hydrogen (secondary N) is 8. The lowest BCUT2D eigenvalue weighted by molar-refractivity contribution is -0.143. The highest BCUT2D eigenvalue weighted by molar-refractivity contribution is 5.99. The fraction of sp³-hybridized carbons (Fsp3) is 0.711. The second kappa shape index (κ2) is 33.6. The summed E-state index contributed by atoms with van der Waals surface area (Å²) in [5, 5.41) is 68.0. The number of amides is 9. The Labute approximate surface area is 444 Å². The second-order valence-electron chi connectivity index (χ2n) is 18.8. The molecule has 1 aliphatic rings. The number of likely N-dealkylation sites (tertiary alicyclic amines) is 1. The Morgan fingerprint density at radius 2 is 1.05 bits per heavy atom. The van der Waals surface area contributed by atoms with Gasteiger partial charge in [0, 0.05) is 19.6 Å². The van der Waals surface area contributed by atoms with Crippen LogP contribution in [0.15, 0.2) is 9.98 Å². The van der Waals surface area contributed by atoms with Gasteiger partial charge in [0.05, 0.1) is 31.8 Å². The zero-order valence-corrected chi connectivity index (χ0v) is 44.2. The van der Waals surface area contributed by atoms with Crippen LogP contribution < -0.4 is 71.2 Å². The lowest BCUT2D eigenvalue weighted by atomic mass is 9.98. The fourth-order valence-electron chi connectivity index (χ4n) is 7.48. The highest BCUT2D eigenvalue weighted by atomic mass is 16.4. The van der Waals surface area contributed by atoms with Crippen molar-refractivity contribution in [2.45, 2.75) is 159 Å². The van der Waals surface area contributed by atoms with E-state index in [0.29, 0.717) is 12.8 Å². The topological polar surface area (TPSA) is 543 Å². The Morgan fingerprint density at radius 3 is 1.53 bits per heavy atom. The number of aliphatic carboxylic acids is 2. The highest BCUT2D eigenvalue weighted by Crippen LogP contribution is 2.21. The summed E-state index contributed by atoms with van der Waals surface area (Å²) in [7, 11) is 0. The molecule has 32 heteroatoms. The zero-order chi connectivity index (χ0) is 58.9. The third-order valence-electron chi connectivity index (χ3n) is 12.2. The normalized spacial score (nSPS) is 17.3. The molecule has 12 atom stereocenters. The van der Waals surface area contributed by atoms with Gasteiger partial charge in [0.2, 0.25) is 53.2 Å². The maximum Gasteiger partial charge on any atom is 0.326 e. The van der Waals surface area contributed by atoms with Crippen molar-refractivity contribution in [3.05, 3.63) is 0 Å².